The summed E-state index contributed by atoms with van der Waals surface area (Å²) in [5.41, 5.74) is 5.51. The van der Waals surface area contributed by atoms with Crippen LogP contribution in [0.1, 0.15) is 95.3 Å². The van der Waals surface area contributed by atoms with Crippen LogP contribution in [0.15, 0.2) is 29.4 Å². The Labute approximate surface area is 203 Å². The highest BCUT2D eigenvalue weighted by atomic mass is 32.2. The molecule has 0 fully saturated rings. The second-order valence-corrected chi connectivity index (χ2v) is 11.7. The monoisotopic (exact) mass is 464 g/mol. The molecule has 3 rings (SSSR count). The molecule has 0 saturated carbocycles. The predicted molar refractivity (Wildman–Crippen MR) is 136 cm³/mol. The highest BCUT2D eigenvalue weighted by molar-refractivity contribution is 8.00. The second-order valence-electron chi connectivity index (χ2n) is 9.94. The van der Waals surface area contributed by atoms with E-state index in [4.69, 9.17) is 4.74 Å². The number of esters is 1. The van der Waals surface area contributed by atoms with E-state index in [1.165, 1.54) is 16.0 Å². The molecule has 4 nitrogen and oxygen atoms in total. The van der Waals surface area contributed by atoms with Crippen molar-refractivity contribution in [3.8, 4) is 11.8 Å². The van der Waals surface area contributed by atoms with E-state index in [0.717, 1.165) is 43.4 Å². The number of aryl methyl sites for hydroxylation is 2. The first-order valence-electron chi connectivity index (χ1n) is 12.0. The number of carbonyl (C=O) groups excluding carboxylic acids is 1. The van der Waals surface area contributed by atoms with Gasteiger partial charge in [-0.3, -0.25) is 9.78 Å². The van der Waals surface area contributed by atoms with Crippen LogP contribution in [0.25, 0.3) is 0 Å². The molecule has 0 unspecified atom stereocenters. The Morgan fingerprint density at radius 2 is 1.88 bits per heavy atom. The minimum atomic E-state index is -0.131. The standard InChI is InChI=1S/C28H36N2O2S/c1-7-20-16-25-24(27(3,4)19-28(5,6)33-25)15-21(20)13-14-23-18-29-22(17-30-23)11-9-10-12-26(31)32-8-2/h15-18H,7-12,19H2,1-6H3. The third-order valence-electron chi connectivity index (χ3n) is 5.97. The van der Waals surface area contributed by atoms with Crippen LogP contribution >= 0.6 is 11.8 Å². The number of hydrogen-bond acceptors (Lipinski definition) is 5. The lowest BCUT2D eigenvalue weighted by atomic mass is 9.76. The van der Waals surface area contributed by atoms with Gasteiger partial charge in [0.1, 0.15) is 5.69 Å². The smallest absolute Gasteiger partial charge is 0.305 e. The molecule has 0 spiro atoms. The number of nitrogens with zero attached hydrogens (tertiary/aromatic N) is 2. The lowest BCUT2D eigenvalue weighted by Gasteiger charge is -2.42. The maximum absolute atomic E-state index is 11.4. The van der Waals surface area contributed by atoms with Gasteiger partial charge in [-0.05, 0) is 73.6 Å². The fourth-order valence-electron chi connectivity index (χ4n) is 4.63. The highest BCUT2D eigenvalue weighted by Gasteiger charge is 2.38. The summed E-state index contributed by atoms with van der Waals surface area (Å²) in [7, 11) is 0. The van der Waals surface area contributed by atoms with E-state index in [1.807, 2.05) is 18.7 Å². The Balaban J connectivity index is 1.70. The molecule has 176 valence electrons. The average molecular weight is 465 g/mol. The molecule has 2 heterocycles. The number of unbranched alkanes of at least 4 members (excludes halogenated alkanes) is 1. The zero-order chi connectivity index (χ0) is 24.1. The molecule has 2 aromatic rings. The predicted octanol–water partition coefficient (Wildman–Crippen LogP) is 6.27. The van der Waals surface area contributed by atoms with E-state index < -0.39 is 0 Å². The van der Waals surface area contributed by atoms with Crippen molar-refractivity contribution in [1.82, 2.24) is 9.97 Å². The van der Waals surface area contributed by atoms with Crippen LogP contribution in [-0.2, 0) is 27.8 Å². The molecule has 0 aliphatic carbocycles. The third-order valence-corrected chi connectivity index (χ3v) is 7.22. The van der Waals surface area contributed by atoms with Gasteiger partial charge in [0.05, 0.1) is 18.5 Å². The number of ether oxygens (including phenoxy) is 1. The van der Waals surface area contributed by atoms with Gasteiger partial charge in [0.25, 0.3) is 0 Å². The zero-order valence-corrected chi connectivity index (χ0v) is 21.7. The van der Waals surface area contributed by atoms with E-state index in [9.17, 15) is 4.79 Å². The Hall–Kier alpha value is -2.32. The normalized spacial score (nSPS) is 15.8. The molecule has 1 aromatic heterocycles. The van der Waals surface area contributed by atoms with E-state index >= 15 is 0 Å². The Morgan fingerprint density at radius 3 is 2.55 bits per heavy atom. The van der Waals surface area contributed by atoms with Crippen LogP contribution in [0.4, 0.5) is 0 Å². The number of hydrogen-bond donors (Lipinski definition) is 0. The Bertz CT molecular complexity index is 1050. The molecule has 1 aliphatic heterocycles. The minimum absolute atomic E-state index is 0.127. The Kier molecular flexibility index (Phi) is 8.23. The van der Waals surface area contributed by atoms with Crippen molar-refractivity contribution in [2.24, 2.45) is 0 Å². The highest BCUT2D eigenvalue weighted by Crippen LogP contribution is 2.51. The number of rotatable bonds is 7. The summed E-state index contributed by atoms with van der Waals surface area (Å²) < 4.78 is 5.20. The molecule has 0 bridgehead atoms. The van der Waals surface area contributed by atoms with E-state index in [1.54, 1.807) is 12.4 Å². The maximum atomic E-state index is 11.4. The molecule has 1 aliphatic rings. The molecule has 5 heteroatoms. The summed E-state index contributed by atoms with van der Waals surface area (Å²) in [5.74, 6) is 6.46. The molecular weight excluding hydrogens is 428 g/mol. The first kappa shape index (κ1) is 25.3. The molecule has 0 N–H and O–H groups in total. The topological polar surface area (TPSA) is 52.1 Å². The zero-order valence-electron chi connectivity index (χ0n) is 20.9. The first-order chi connectivity index (χ1) is 15.6. The summed E-state index contributed by atoms with van der Waals surface area (Å²) in [6.45, 7) is 13.8. The van der Waals surface area contributed by atoms with Crippen molar-refractivity contribution < 1.29 is 9.53 Å². The molecule has 0 atom stereocenters. The molecule has 1 aromatic carbocycles. The van der Waals surface area contributed by atoms with Crippen molar-refractivity contribution in [3.05, 3.63) is 52.6 Å². The van der Waals surface area contributed by atoms with E-state index in [2.05, 4.69) is 68.6 Å². The molecule has 0 amide bonds. The number of benzene rings is 1. The van der Waals surface area contributed by atoms with Crippen molar-refractivity contribution in [2.45, 2.75) is 95.1 Å². The first-order valence-corrected chi connectivity index (χ1v) is 12.8. The van der Waals surface area contributed by atoms with Gasteiger partial charge in [0.2, 0.25) is 0 Å². The summed E-state index contributed by atoms with van der Waals surface area (Å²) in [6.07, 6.45) is 8.58. The average Bonchev–Trinajstić information content (AvgIpc) is 2.74. The summed E-state index contributed by atoms with van der Waals surface area (Å²) in [6, 6.07) is 4.65. The van der Waals surface area contributed by atoms with Gasteiger partial charge in [-0.1, -0.05) is 40.5 Å². The molecule has 0 saturated heterocycles. The number of fused-ring (bicyclic) bond motifs is 1. The van der Waals surface area contributed by atoms with Crippen molar-refractivity contribution in [1.29, 1.82) is 0 Å². The van der Waals surface area contributed by atoms with Crippen LogP contribution < -0.4 is 0 Å². The van der Waals surface area contributed by atoms with Gasteiger partial charge in [-0.15, -0.1) is 11.8 Å². The molecular formula is C28H36N2O2S. The van der Waals surface area contributed by atoms with Gasteiger partial charge in [0, 0.05) is 27.8 Å². The SMILES string of the molecule is CCOC(=O)CCCCc1cnc(C#Cc2cc3c(cc2CC)SC(C)(C)CC3(C)C)cn1. The maximum Gasteiger partial charge on any atom is 0.305 e. The van der Waals surface area contributed by atoms with E-state index in [0.29, 0.717) is 18.7 Å². The van der Waals surface area contributed by atoms with Gasteiger partial charge in [0.15, 0.2) is 0 Å². The van der Waals surface area contributed by atoms with Crippen molar-refractivity contribution in [3.63, 3.8) is 0 Å². The summed E-state index contributed by atoms with van der Waals surface area (Å²) >= 11 is 1.99. The quantitative estimate of drug-likeness (QED) is 0.275. The van der Waals surface area contributed by atoms with Crippen LogP contribution in [0.2, 0.25) is 0 Å². The van der Waals surface area contributed by atoms with Gasteiger partial charge < -0.3 is 4.74 Å². The Morgan fingerprint density at radius 1 is 1.09 bits per heavy atom. The van der Waals surface area contributed by atoms with Crippen LogP contribution in [0.5, 0.6) is 0 Å². The number of thioether (sulfide) groups is 1. The summed E-state index contributed by atoms with van der Waals surface area (Å²) in [4.78, 5) is 21.8. The minimum Gasteiger partial charge on any atom is -0.466 e. The third kappa shape index (κ3) is 6.84. The fraction of sp³-hybridized carbons (Fsp3) is 0.536. The lowest BCUT2D eigenvalue weighted by molar-refractivity contribution is -0.143. The fourth-order valence-corrected chi connectivity index (χ4v) is 6.30. The summed E-state index contributed by atoms with van der Waals surface area (Å²) in [5, 5.41) is 0. The molecule has 33 heavy (non-hydrogen) atoms. The van der Waals surface area contributed by atoms with E-state index in [-0.39, 0.29) is 16.1 Å². The number of aromatic nitrogens is 2. The van der Waals surface area contributed by atoms with Gasteiger partial charge in [-0.25, -0.2) is 4.98 Å². The van der Waals surface area contributed by atoms with Crippen molar-refractivity contribution >= 4 is 17.7 Å². The van der Waals surface area contributed by atoms with Crippen LogP contribution in [-0.4, -0.2) is 27.3 Å². The molecule has 0 radical (unpaired) electrons. The number of carbonyl (C=O) groups is 1. The van der Waals surface area contributed by atoms with Gasteiger partial charge in [-0.2, -0.15) is 0 Å². The van der Waals surface area contributed by atoms with Crippen molar-refractivity contribution in [2.75, 3.05) is 6.61 Å². The van der Waals surface area contributed by atoms with Crippen LogP contribution in [0.3, 0.4) is 0 Å². The van der Waals surface area contributed by atoms with Gasteiger partial charge >= 0.3 is 5.97 Å². The largest absolute Gasteiger partial charge is 0.466 e. The second kappa shape index (κ2) is 10.7. The van der Waals surface area contributed by atoms with Crippen LogP contribution in [0, 0.1) is 11.8 Å². The lowest BCUT2D eigenvalue weighted by Crippen LogP contribution is -2.33.